The molecule has 70 valence electrons. The van der Waals surface area contributed by atoms with Gasteiger partial charge in [0, 0.05) is 6.42 Å². The number of hydrogen-bond acceptors (Lipinski definition) is 1. The van der Waals surface area contributed by atoms with Crippen molar-refractivity contribution in [3.05, 3.63) is 34.1 Å². The van der Waals surface area contributed by atoms with Crippen LogP contribution in [0.4, 0.5) is 4.39 Å². The van der Waals surface area contributed by atoms with Crippen molar-refractivity contribution in [2.75, 3.05) is 0 Å². The third-order valence-electron chi connectivity index (χ3n) is 1.82. The fourth-order valence-corrected chi connectivity index (χ4v) is 1.46. The Bertz CT molecular complexity index is 300. The summed E-state index contributed by atoms with van der Waals surface area (Å²) in [6.45, 7) is 1.66. The summed E-state index contributed by atoms with van der Waals surface area (Å²) in [4.78, 5) is 10.1. The molecule has 0 radical (unpaired) electrons. The van der Waals surface area contributed by atoms with Gasteiger partial charge in [-0.05, 0) is 30.5 Å². The van der Waals surface area contributed by atoms with Crippen LogP contribution in [0.25, 0.3) is 0 Å². The van der Waals surface area contributed by atoms with E-state index in [1.165, 1.54) is 0 Å². The monoisotopic (exact) mass is 200 g/mol. The van der Waals surface area contributed by atoms with E-state index in [2.05, 4.69) is 0 Å². The third-order valence-corrected chi connectivity index (χ3v) is 2.10. The van der Waals surface area contributed by atoms with Crippen LogP contribution in [-0.4, -0.2) is 6.29 Å². The molecule has 0 atom stereocenters. The highest BCUT2D eigenvalue weighted by Gasteiger charge is 2.05. The van der Waals surface area contributed by atoms with Gasteiger partial charge in [0.1, 0.15) is 12.1 Å². The molecule has 1 aromatic rings. The molecule has 3 heteroatoms. The summed E-state index contributed by atoms with van der Waals surface area (Å²) in [6.07, 6.45) is 1.90. The molecule has 1 aromatic carbocycles. The van der Waals surface area contributed by atoms with E-state index in [0.29, 0.717) is 18.4 Å². The van der Waals surface area contributed by atoms with Gasteiger partial charge >= 0.3 is 0 Å². The molecule has 0 amide bonds. The lowest BCUT2D eigenvalue weighted by Crippen LogP contribution is -1.91. The number of aryl methyl sites for hydroxylation is 2. The normalized spacial score (nSPS) is 10.1. The van der Waals surface area contributed by atoms with Crippen LogP contribution in [0.15, 0.2) is 12.1 Å². The Labute approximate surface area is 81.5 Å². The number of halogens is 2. The zero-order chi connectivity index (χ0) is 9.84. The van der Waals surface area contributed by atoms with Crippen molar-refractivity contribution in [1.29, 1.82) is 0 Å². The second kappa shape index (κ2) is 4.38. The number of rotatable bonds is 3. The molecular weight excluding hydrogens is 191 g/mol. The predicted octanol–water partition coefficient (Wildman–Crippen LogP) is 2.92. The van der Waals surface area contributed by atoms with Crippen molar-refractivity contribution in [1.82, 2.24) is 0 Å². The molecule has 0 spiro atoms. The molecule has 0 aliphatic heterocycles. The predicted molar refractivity (Wildman–Crippen MR) is 50.5 cm³/mol. The fraction of sp³-hybridized carbons (Fsp3) is 0.300. The zero-order valence-corrected chi connectivity index (χ0v) is 8.07. The standard InChI is InChI=1S/C10H10ClFO/c1-7-5-8(3-2-4-13)6-9(11)10(7)12/h4-6H,2-3H2,1H3. The Morgan fingerprint density at radius 1 is 1.54 bits per heavy atom. The van der Waals surface area contributed by atoms with Crippen molar-refractivity contribution in [2.45, 2.75) is 19.8 Å². The van der Waals surface area contributed by atoms with Crippen LogP contribution in [0.3, 0.4) is 0 Å². The van der Waals surface area contributed by atoms with Gasteiger partial charge in [-0.2, -0.15) is 0 Å². The highest BCUT2D eigenvalue weighted by atomic mass is 35.5. The van der Waals surface area contributed by atoms with E-state index in [-0.39, 0.29) is 10.8 Å². The van der Waals surface area contributed by atoms with Gasteiger partial charge in [0.25, 0.3) is 0 Å². The second-order valence-electron chi connectivity index (χ2n) is 2.91. The number of hydrogen-bond donors (Lipinski definition) is 0. The second-order valence-corrected chi connectivity index (χ2v) is 3.32. The molecule has 1 nitrogen and oxygen atoms in total. The minimum Gasteiger partial charge on any atom is -0.303 e. The van der Waals surface area contributed by atoms with E-state index in [0.717, 1.165) is 11.8 Å². The Morgan fingerprint density at radius 3 is 2.77 bits per heavy atom. The van der Waals surface area contributed by atoms with Crippen LogP contribution in [0, 0.1) is 12.7 Å². The van der Waals surface area contributed by atoms with Gasteiger partial charge in [0.05, 0.1) is 5.02 Å². The van der Waals surface area contributed by atoms with Gasteiger partial charge < -0.3 is 4.79 Å². The first-order chi connectivity index (χ1) is 6.15. The molecule has 0 heterocycles. The lowest BCUT2D eigenvalue weighted by molar-refractivity contribution is -0.107. The van der Waals surface area contributed by atoms with E-state index >= 15 is 0 Å². The zero-order valence-electron chi connectivity index (χ0n) is 7.31. The minimum atomic E-state index is -0.378. The highest BCUT2D eigenvalue weighted by molar-refractivity contribution is 6.30. The third kappa shape index (κ3) is 2.52. The molecule has 0 bridgehead atoms. The van der Waals surface area contributed by atoms with Crippen molar-refractivity contribution in [2.24, 2.45) is 0 Å². The van der Waals surface area contributed by atoms with Gasteiger partial charge in [-0.15, -0.1) is 0 Å². The van der Waals surface area contributed by atoms with E-state index in [4.69, 9.17) is 11.6 Å². The number of benzene rings is 1. The Kier molecular flexibility index (Phi) is 3.43. The molecule has 0 fully saturated rings. The lowest BCUT2D eigenvalue weighted by Gasteiger charge is -2.03. The van der Waals surface area contributed by atoms with E-state index < -0.39 is 0 Å². The molecule has 13 heavy (non-hydrogen) atoms. The van der Waals surface area contributed by atoms with E-state index in [1.807, 2.05) is 0 Å². The molecule has 0 N–H and O–H groups in total. The molecule has 0 aromatic heterocycles. The van der Waals surface area contributed by atoms with Crippen molar-refractivity contribution in [3.8, 4) is 0 Å². The van der Waals surface area contributed by atoms with Crippen LogP contribution >= 0.6 is 11.6 Å². The molecule has 1 rings (SSSR count). The average Bonchev–Trinajstić information content (AvgIpc) is 2.10. The van der Waals surface area contributed by atoms with Gasteiger partial charge in [-0.25, -0.2) is 4.39 Å². The lowest BCUT2D eigenvalue weighted by atomic mass is 10.1. The van der Waals surface area contributed by atoms with Gasteiger partial charge in [0.2, 0.25) is 0 Å². The smallest absolute Gasteiger partial charge is 0.144 e. The first-order valence-corrected chi connectivity index (χ1v) is 4.41. The number of aldehydes is 1. The maximum atomic E-state index is 13.0. The largest absolute Gasteiger partial charge is 0.303 e. The first kappa shape index (κ1) is 10.2. The fourth-order valence-electron chi connectivity index (χ4n) is 1.17. The van der Waals surface area contributed by atoms with E-state index in [1.54, 1.807) is 19.1 Å². The summed E-state index contributed by atoms with van der Waals surface area (Å²) >= 11 is 5.63. The Hall–Kier alpha value is -0.890. The summed E-state index contributed by atoms with van der Waals surface area (Å²) < 4.78 is 13.0. The molecule has 0 aliphatic rings. The average molecular weight is 201 g/mol. The van der Waals surface area contributed by atoms with Crippen molar-refractivity contribution in [3.63, 3.8) is 0 Å². The summed E-state index contributed by atoms with van der Waals surface area (Å²) in [5, 5.41) is 0.126. The van der Waals surface area contributed by atoms with Crippen LogP contribution in [0.1, 0.15) is 17.5 Å². The van der Waals surface area contributed by atoms with E-state index in [9.17, 15) is 9.18 Å². The summed E-state index contributed by atoms with van der Waals surface area (Å²) in [5.41, 5.74) is 1.42. The first-order valence-electron chi connectivity index (χ1n) is 4.03. The topological polar surface area (TPSA) is 17.1 Å². The SMILES string of the molecule is Cc1cc(CCC=O)cc(Cl)c1F. The Morgan fingerprint density at radius 2 is 2.23 bits per heavy atom. The van der Waals surface area contributed by atoms with Crippen molar-refractivity contribution < 1.29 is 9.18 Å². The summed E-state index contributed by atoms with van der Waals surface area (Å²) in [7, 11) is 0. The summed E-state index contributed by atoms with van der Waals surface area (Å²) in [5.74, 6) is -0.378. The maximum Gasteiger partial charge on any atom is 0.144 e. The maximum absolute atomic E-state index is 13.0. The minimum absolute atomic E-state index is 0.126. The van der Waals surface area contributed by atoms with Gasteiger partial charge in [-0.3, -0.25) is 0 Å². The van der Waals surface area contributed by atoms with Crippen LogP contribution < -0.4 is 0 Å². The molecule has 0 saturated heterocycles. The molecule has 0 aliphatic carbocycles. The van der Waals surface area contributed by atoms with Gasteiger partial charge in [0.15, 0.2) is 0 Å². The van der Waals surface area contributed by atoms with Crippen LogP contribution in [-0.2, 0) is 11.2 Å². The molecule has 0 saturated carbocycles. The Balaban J connectivity index is 2.92. The van der Waals surface area contributed by atoms with Crippen LogP contribution in [0.2, 0.25) is 5.02 Å². The molecular formula is C10H10ClFO. The number of carbonyl (C=O) groups is 1. The molecule has 0 unspecified atom stereocenters. The van der Waals surface area contributed by atoms with Gasteiger partial charge in [-0.1, -0.05) is 17.7 Å². The quantitative estimate of drug-likeness (QED) is 0.686. The highest BCUT2D eigenvalue weighted by Crippen LogP contribution is 2.20. The van der Waals surface area contributed by atoms with Crippen molar-refractivity contribution >= 4 is 17.9 Å². The van der Waals surface area contributed by atoms with Crippen LogP contribution in [0.5, 0.6) is 0 Å². The number of carbonyl (C=O) groups excluding carboxylic acids is 1. The summed E-state index contributed by atoms with van der Waals surface area (Å²) in [6, 6.07) is 3.28.